The topological polar surface area (TPSA) is 20.2 Å². The van der Waals surface area contributed by atoms with Crippen molar-refractivity contribution in [3.05, 3.63) is 24.3 Å². The first-order valence-corrected chi connectivity index (χ1v) is 9.23. The zero-order valence-electron chi connectivity index (χ0n) is 14.2. The highest BCUT2D eigenvalue weighted by Gasteiger charge is 2.19. The molecule has 1 N–H and O–H groups in total. The lowest BCUT2D eigenvalue weighted by atomic mass is 9.87. The molecule has 0 heterocycles. The predicted octanol–water partition coefficient (Wildman–Crippen LogP) is 6.18. The van der Waals surface area contributed by atoms with E-state index in [1.807, 2.05) is 6.08 Å². The SMILES string of the molecule is C=CCCCCCCCCC[C@H](C)C(O)C1=CCCCC1. The molecule has 0 aromatic heterocycles. The van der Waals surface area contributed by atoms with Crippen molar-refractivity contribution in [2.75, 3.05) is 0 Å². The van der Waals surface area contributed by atoms with E-state index in [0.29, 0.717) is 5.92 Å². The first kappa shape index (κ1) is 18.5. The van der Waals surface area contributed by atoms with Crippen molar-refractivity contribution in [1.29, 1.82) is 0 Å². The van der Waals surface area contributed by atoms with Crippen LogP contribution in [0.5, 0.6) is 0 Å². The first-order valence-electron chi connectivity index (χ1n) is 9.23. The van der Waals surface area contributed by atoms with Crippen LogP contribution in [0.1, 0.15) is 90.4 Å². The third-order valence-electron chi connectivity index (χ3n) is 4.81. The van der Waals surface area contributed by atoms with Crippen molar-refractivity contribution in [2.24, 2.45) is 5.92 Å². The number of aliphatic hydroxyl groups excluding tert-OH is 1. The number of hydrogen-bond acceptors (Lipinski definition) is 1. The van der Waals surface area contributed by atoms with E-state index < -0.39 is 0 Å². The van der Waals surface area contributed by atoms with Crippen LogP contribution in [0.25, 0.3) is 0 Å². The lowest BCUT2D eigenvalue weighted by Gasteiger charge is -2.24. The smallest absolute Gasteiger partial charge is 0.0775 e. The molecule has 122 valence electrons. The largest absolute Gasteiger partial charge is 0.388 e. The molecule has 1 aliphatic rings. The van der Waals surface area contributed by atoms with E-state index >= 15 is 0 Å². The van der Waals surface area contributed by atoms with Crippen molar-refractivity contribution in [3.63, 3.8) is 0 Å². The van der Waals surface area contributed by atoms with Gasteiger partial charge in [0.05, 0.1) is 6.10 Å². The Hall–Kier alpha value is -0.560. The third kappa shape index (κ3) is 8.46. The van der Waals surface area contributed by atoms with Gasteiger partial charge >= 0.3 is 0 Å². The second-order valence-corrected chi connectivity index (χ2v) is 6.79. The molecule has 1 heteroatoms. The first-order chi connectivity index (χ1) is 10.3. The summed E-state index contributed by atoms with van der Waals surface area (Å²) < 4.78 is 0. The molecule has 1 aliphatic carbocycles. The van der Waals surface area contributed by atoms with E-state index in [2.05, 4.69) is 19.6 Å². The van der Waals surface area contributed by atoms with Crippen LogP contribution in [0.3, 0.4) is 0 Å². The number of unbranched alkanes of at least 4 members (excludes halogenated alkanes) is 7. The van der Waals surface area contributed by atoms with Crippen LogP contribution in [-0.2, 0) is 0 Å². The zero-order valence-corrected chi connectivity index (χ0v) is 14.2. The predicted molar refractivity (Wildman–Crippen MR) is 93.5 cm³/mol. The van der Waals surface area contributed by atoms with E-state index in [0.717, 1.165) is 6.42 Å². The van der Waals surface area contributed by atoms with Crippen LogP contribution in [0.2, 0.25) is 0 Å². The van der Waals surface area contributed by atoms with Crippen LogP contribution in [0, 0.1) is 5.92 Å². The Kier molecular flexibility index (Phi) is 10.6. The highest BCUT2D eigenvalue weighted by Crippen LogP contribution is 2.26. The monoisotopic (exact) mass is 292 g/mol. The van der Waals surface area contributed by atoms with Gasteiger partial charge in [0.15, 0.2) is 0 Å². The van der Waals surface area contributed by atoms with Gasteiger partial charge in [-0.2, -0.15) is 0 Å². The maximum absolute atomic E-state index is 10.4. The number of rotatable bonds is 12. The summed E-state index contributed by atoms with van der Waals surface area (Å²) in [4.78, 5) is 0. The molecule has 0 aromatic carbocycles. The van der Waals surface area contributed by atoms with Crippen LogP contribution in [0.4, 0.5) is 0 Å². The van der Waals surface area contributed by atoms with E-state index in [1.165, 1.54) is 82.6 Å². The summed E-state index contributed by atoms with van der Waals surface area (Å²) in [6.45, 7) is 5.98. The summed E-state index contributed by atoms with van der Waals surface area (Å²) in [5, 5.41) is 10.4. The minimum atomic E-state index is -0.177. The summed E-state index contributed by atoms with van der Waals surface area (Å²) in [6, 6.07) is 0. The quantitative estimate of drug-likeness (QED) is 0.336. The molecule has 0 aliphatic heterocycles. The van der Waals surface area contributed by atoms with Gasteiger partial charge in [0.2, 0.25) is 0 Å². The normalized spacial score (nSPS) is 18.1. The zero-order chi connectivity index (χ0) is 15.3. The van der Waals surface area contributed by atoms with E-state index in [1.54, 1.807) is 0 Å². The maximum Gasteiger partial charge on any atom is 0.0775 e. The summed E-state index contributed by atoms with van der Waals surface area (Å²) in [7, 11) is 0. The minimum Gasteiger partial charge on any atom is -0.388 e. The Labute approximate surface area is 132 Å². The summed E-state index contributed by atoms with van der Waals surface area (Å²) in [6.07, 6.45) is 20.7. The van der Waals surface area contributed by atoms with Gasteiger partial charge in [-0.05, 0) is 56.4 Å². The Morgan fingerprint density at radius 3 is 2.38 bits per heavy atom. The second kappa shape index (κ2) is 12.0. The van der Waals surface area contributed by atoms with Gasteiger partial charge in [0.25, 0.3) is 0 Å². The number of allylic oxidation sites excluding steroid dienone is 2. The Morgan fingerprint density at radius 1 is 1.10 bits per heavy atom. The molecule has 1 rings (SSSR count). The fraction of sp³-hybridized carbons (Fsp3) is 0.800. The van der Waals surface area contributed by atoms with E-state index in [9.17, 15) is 5.11 Å². The van der Waals surface area contributed by atoms with Gasteiger partial charge in [0.1, 0.15) is 0 Å². The molecule has 0 bridgehead atoms. The highest BCUT2D eigenvalue weighted by atomic mass is 16.3. The third-order valence-corrected chi connectivity index (χ3v) is 4.81. The molecule has 0 aromatic rings. The number of hydrogen-bond donors (Lipinski definition) is 1. The van der Waals surface area contributed by atoms with Crippen molar-refractivity contribution < 1.29 is 5.11 Å². The molecule has 1 unspecified atom stereocenters. The molecule has 1 nitrogen and oxygen atoms in total. The fourth-order valence-electron chi connectivity index (χ4n) is 3.29. The van der Waals surface area contributed by atoms with Gasteiger partial charge < -0.3 is 5.11 Å². The second-order valence-electron chi connectivity index (χ2n) is 6.79. The Bertz CT molecular complexity index is 292. The van der Waals surface area contributed by atoms with Gasteiger partial charge in [0, 0.05) is 0 Å². The van der Waals surface area contributed by atoms with Crippen LogP contribution < -0.4 is 0 Å². The van der Waals surface area contributed by atoms with Gasteiger partial charge in [-0.1, -0.05) is 57.6 Å². The molecular formula is C20H36O. The average molecular weight is 293 g/mol. The fourth-order valence-corrected chi connectivity index (χ4v) is 3.29. The molecule has 21 heavy (non-hydrogen) atoms. The lowest BCUT2D eigenvalue weighted by Crippen LogP contribution is -2.21. The van der Waals surface area contributed by atoms with Crippen molar-refractivity contribution >= 4 is 0 Å². The van der Waals surface area contributed by atoms with E-state index in [-0.39, 0.29) is 6.10 Å². The molecule has 0 saturated carbocycles. The van der Waals surface area contributed by atoms with Crippen molar-refractivity contribution in [3.8, 4) is 0 Å². The summed E-state index contributed by atoms with van der Waals surface area (Å²) in [5.74, 6) is 0.432. The van der Waals surface area contributed by atoms with E-state index in [4.69, 9.17) is 0 Å². The van der Waals surface area contributed by atoms with Crippen LogP contribution in [-0.4, -0.2) is 11.2 Å². The molecule has 2 atom stereocenters. The minimum absolute atomic E-state index is 0.177. The van der Waals surface area contributed by atoms with Gasteiger partial charge in [-0.15, -0.1) is 6.58 Å². The van der Waals surface area contributed by atoms with Gasteiger partial charge in [-0.25, -0.2) is 0 Å². The maximum atomic E-state index is 10.4. The molecule has 0 spiro atoms. The van der Waals surface area contributed by atoms with Crippen molar-refractivity contribution in [1.82, 2.24) is 0 Å². The van der Waals surface area contributed by atoms with Gasteiger partial charge in [-0.3, -0.25) is 0 Å². The lowest BCUT2D eigenvalue weighted by molar-refractivity contribution is 0.138. The summed E-state index contributed by atoms with van der Waals surface area (Å²) >= 11 is 0. The highest BCUT2D eigenvalue weighted by molar-refractivity contribution is 5.11. The van der Waals surface area contributed by atoms with Crippen LogP contribution in [0.15, 0.2) is 24.3 Å². The summed E-state index contributed by atoms with van der Waals surface area (Å²) in [5.41, 5.74) is 1.32. The number of aliphatic hydroxyl groups is 1. The Balaban J connectivity index is 1.99. The molecule has 0 saturated heterocycles. The molecule has 0 amide bonds. The molecular weight excluding hydrogens is 256 g/mol. The van der Waals surface area contributed by atoms with Crippen molar-refractivity contribution in [2.45, 2.75) is 96.5 Å². The molecule has 0 radical (unpaired) electrons. The average Bonchev–Trinajstić information content (AvgIpc) is 2.53. The standard InChI is InChI=1S/C20H36O/c1-3-4-5-6-7-8-9-10-12-15-18(2)20(21)19-16-13-11-14-17-19/h3,16,18,20-21H,1,4-15,17H2,2H3/t18-,20?/m0/s1. The van der Waals surface area contributed by atoms with Crippen LogP contribution >= 0.6 is 0 Å². The molecule has 0 fully saturated rings. The Morgan fingerprint density at radius 2 is 1.76 bits per heavy atom.